The van der Waals surface area contributed by atoms with Crippen molar-refractivity contribution >= 4 is 5.97 Å². The van der Waals surface area contributed by atoms with Crippen LogP contribution in [0.2, 0.25) is 0 Å². The van der Waals surface area contributed by atoms with Crippen LogP contribution < -0.4 is 4.74 Å². The topological polar surface area (TPSA) is 72.3 Å². The van der Waals surface area contributed by atoms with Crippen molar-refractivity contribution in [3.8, 4) is 6.01 Å². The number of carboxylic acids is 1. The van der Waals surface area contributed by atoms with Crippen LogP contribution in [0.15, 0.2) is 6.20 Å². The summed E-state index contributed by atoms with van der Waals surface area (Å²) in [5, 5.41) is 8.58. The van der Waals surface area contributed by atoms with Crippen molar-refractivity contribution in [2.75, 3.05) is 0 Å². The summed E-state index contributed by atoms with van der Waals surface area (Å²) in [5.41, 5.74) is -2.52. The molecule has 0 radical (unpaired) electrons. The molecule has 8 heteroatoms. The molecule has 5 nitrogen and oxygen atoms in total. The SMILES string of the molecule is CC(C)Oc1ncc(C(=O)O)c(C(F)(F)F)n1. The first-order valence-corrected chi connectivity index (χ1v) is 4.56. The van der Waals surface area contributed by atoms with Crippen molar-refractivity contribution in [3.05, 3.63) is 17.5 Å². The van der Waals surface area contributed by atoms with Crippen LogP contribution in [-0.4, -0.2) is 27.1 Å². The van der Waals surface area contributed by atoms with E-state index in [2.05, 4.69) is 9.97 Å². The maximum atomic E-state index is 12.5. The third kappa shape index (κ3) is 3.30. The Hall–Kier alpha value is -1.86. The summed E-state index contributed by atoms with van der Waals surface area (Å²) in [5.74, 6) is -1.74. The van der Waals surface area contributed by atoms with Crippen LogP contribution in [-0.2, 0) is 6.18 Å². The van der Waals surface area contributed by atoms with E-state index < -0.39 is 35.5 Å². The fourth-order valence-corrected chi connectivity index (χ4v) is 1.01. The molecule has 0 saturated heterocycles. The van der Waals surface area contributed by atoms with Gasteiger partial charge in [0, 0.05) is 6.20 Å². The Morgan fingerprint density at radius 2 is 2.06 bits per heavy atom. The quantitative estimate of drug-likeness (QED) is 0.887. The van der Waals surface area contributed by atoms with Gasteiger partial charge in [-0.3, -0.25) is 0 Å². The number of halogens is 3. The highest BCUT2D eigenvalue weighted by Crippen LogP contribution is 2.31. The molecule has 17 heavy (non-hydrogen) atoms. The van der Waals surface area contributed by atoms with Gasteiger partial charge in [0.1, 0.15) is 5.56 Å². The van der Waals surface area contributed by atoms with Crippen LogP contribution in [0, 0.1) is 0 Å². The number of aromatic carboxylic acids is 1. The number of nitrogens with zero attached hydrogens (tertiary/aromatic N) is 2. The van der Waals surface area contributed by atoms with Crippen LogP contribution in [0.1, 0.15) is 29.9 Å². The van der Waals surface area contributed by atoms with Gasteiger partial charge < -0.3 is 9.84 Å². The van der Waals surface area contributed by atoms with Crippen molar-refractivity contribution in [1.29, 1.82) is 0 Å². The Labute approximate surface area is 94.3 Å². The fraction of sp³-hybridized carbons (Fsp3) is 0.444. The van der Waals surface area contributed by atoms with E-state index in [-0.39, 0.29) is 0 Å². The van der Waals surface area contributed by atoms with Gasteiger partial charge in [-0.2, -0.15) is 18.2 Å². The molecular weight excluding hydrogens is 241 g/mol. The zero-order chi connectivity index (χ0) is 13.2. The monoisotopic (exact) mass is 250 g/mol. The summed E-state index contributed by atoms with van der Waals surface area (Å²) in [6.07, 6.45) is -4.70. The first kappa shape index (κ1) is 13.2. The average Bonchev–Trinajstić information content (AvgIpc) is 2.14. The Morgan fingerprint density at radius 1 is 1.47 bits per heavy atom. The van der Waals surface area contributed by atoms with Crippen LogP contribution in [0.25, 0.3) is 0 Å². The molecule has 0 saturated carbocycles. The molecule has 1 N–H and O–H groups in total. The predicted octanol–water partition coefficient (Wildman–Crippen LogP) is 1.98. The van der Waals surface area contributed by atoms with Crippen LogP contribution in [0.3, 0.4) is 0 Å². The molecule has 0 aliphatic carbocycles. The highest BCUT2D eigenvalue weighted by molar-refractivity contribution is 5.88. The summed E-state index contributed by atoms with van der Waals surface area (Å²) in [7, 11) is 0. The van der Waals surface area contributed by atoms with Gasteiger partial charge in [0.2, 0.25) is 0 Å². The maximum absolute atomic E-state index is 12.5. The highest BCUT2D eigenvalue weighted by Gasteiger charge is 2.38. The van der Waals surface area contributed by atoms with Gasteiger partial charge in [-0.25, -0.2) is 9.78 Å². The number of hydrogen-bond acceptors (Lipinski definition) is 4. The predicted molar refractivity (Wildman–Crippen MR) is 49.8 cm³/mol. The second kappa shape index (κ2) is 4.56. The Balaban J connectivity index is 3.25. The molecule has 0 amide bonds. The molecular formula is C9H9F3N2O3. The maximum Gasteiger partial charge on any atom is 0.434 e. The van der Waals surface area contributed by atoms with Gasteiger partial charge in [-0.15, -0.1) is 0 Å². The molecule has 0 bridgehead atoms. The van der Waals surface area contributed by atoms with Crippen LogP contribution >= 0.6 is 0 Å². The van der Waals surface area contributed by atoms with Crippen molar-refractivity contribution in [3.63, 3.8) is 0 Å². The third-order valence-electron chi connectivity index (χ3n) is 1.61. The Morgan fingerprint density at radius 3 is 2.47 bits per heavy atom. The number of ether oxygens (including phenoxy) is 1. The second-order valence-corrected chi connectivity index (χ2v) is 3.38. The molecule has 0 unspecified atom stereocenters. The van der Waals surface area contributed by atoms with E-state index in [1.807, 2.05) is 0 Å². The zero-order valence-corrected chi connectivity index (χ0v) is 8.95. The number of aromatic nitrogens is 2. The van der Waals surface area contributed by atoms with Gasteiger partial charge in [0.05, 0.1) is 6.10 Å². The minimum atomic E-state index is -4.87. The lowest BCUT2D eigenvalue weighted by Crippen LogP contribution is -2.18. The number of hydrogen-bond donors (Lipinski definition) is 1. The van der Waals surface area contributed by atoms with E-state index in [9.17, 15) is 18.0 Å². The fourth-order valence-electron chi connectivity index (χ4n) is 1.01. The summed E-state index contributed by atoms with van der Waals surface area (Å²) in [4.78, 5) is 17.0. The van der Waals surface area contributed by atoms with Crippen LogP contribution in [0.4, 0.5) is 13.2 Å². The van der Waals surface area contributed by atoms with Gasteiger partial charge in [0.15, 0.2) is 5.69 Å². The molecule has 0 aliphatic heterocycles. The number of carboxylic acid groups (broad SMARTS) is 1. The van der Waals surface area contributed by atoms with Crippen LogP contribution in [0.5, 0.6) is 6.01 Å². The van der Waals surface area contributed by atoms with E-state index >= 15 is 0 Å². The minimum absolute atomic E-state index is 0.410. The zero-order valence-electron chi connectivity index (χ0n) is 8.95. The summed E-state index contributed by atoms with van der Waals surface area (Å²) in [6, 6.07) is -0.502. The average molecular weight is 250 g/mol. The molecule has 1 aromatic rings. The molecule has 0 fully saturated rings. The molecule has 1 heterocycles. The van der Waals surface area contributed by atoms with E-state index in [1.165, 1.54) is 0 Å². The third-order valence-corrected chi connectivity index (χ3v) is 1.61. The molecule has 0 atom stereocenters. The first-order valence-electron chi connectivity index (χ1n) is 4.56. The van der Waals surface area contributed by atoms with Gasteiger partial charge in [0.25, 0.3) is 0 Å². The summed E-state index contributed by atoms with van der Waals surface area (Å²) < 4.78 is 42.4. The molecule has 1 aromatic heterocycles. The second-order valence-electron chi connectivity index (χ2n) is 3.38. The highest BCUT2D eigenvalue weighted by atomic mass is 19.4. The van der Waals surface area contributed by atoms with Crippen molar-refractivity contribution in [1.82, 2.24) is 9.97 Å². The molecule has 0 aromatic carbocycles. The normalized spacial score (nSPS) is 11.6. The lowest BCUT2D eigenvalue weighted by molar-refractivity contribution is -0.142. The van der Waals surface area contributed by atoms with Gasteiger partial charge >= 0.3 is 18.2 Å². The molecule has 0 aliphatic rings. The number of alkyl halides is 3. The standard InChI is InChI=1S/C9H9F3N2O3/c1-4(2)17-8-13-3-5(7(15)16)6(14-8)9(10,11)12/h3-4H,1-2H3,(H,15,16). The molecule has 0 spiro atoms. The summed E-state index contributed by atoms with van der Waals surface area (Å²) >= 11 is 0. The van der Waals surface area contributed by atoms with E-state index in [0.29, 0.717) is 6.20 Å². The van der Waals surface area contributed by atoms with Crippen molar-refractivity contribution in [2.45, 2.75) is 26.1 Å². The lowest BCUT2D eigenvalue weighted by Gasteiger charge is -2.12. The number of rotatable bonds is 3. The Bertz CT molecular complexity index is 432. The minimum Gasteiger partial charge on any atom is -0.478 e. The first-order chi connectivity index (χ1) is 7.71. The molecule has 1 rings (SSSR count). The number of carbonyl (C=O) groups is 1. The lowest BCUT2D eigenvalue weighted by atomic mass is 10.2. The molecule has 94 valence electrons. The smallest absolute Gasteiger partial charge is 0.434 e. The van der Waals surface area contributed by atoms with Gasteiger partial charge in [-0.05, 0) is 13.8 Å². The van der Waals surface area contributed by atoms with E-state index in [1.54, 1.807) is 13.8 Å². The van der Waals surface area contributed by atoms with E-state index in [4.69, 9.17) is 9.84 Å². The van der Waals surface area contributed by atoms with E-state index in [0.717, 1.165) is 0 Å². The Kier molecular flexibility index (Phi) is 3.54. The van der Waals surface area contributed by atoms with Crippen molar-refractivity contribution in [2.24, 2.45) is 0 Å². The summed E-state index contributed by atoms with van der Waals surface area (Å²) in [6.45, 7) is 3.17. The van der Waals surface area contributed by atoms with Gasteiger partial charge in [-0.1, -0.05) is 0 Å². The van der Waals surface area contributed by atoms with Crippen molar-refractivity contribution < 1.29 is 27.8 Å². The largest absolute Gasteiger partial charge is 0.478 e.